The van der Waals surface area contributed by atoms with Crippen molar-refractivity contribution in [2.45, 2.75) is 13.8 Å². The second-order valence-corrected chi connectivity index (χ2v) is 4.38. The average Bonchev–Trinajstić information content (AvgIpc) is 2.48. The topological polar surface area (TPSA) is 51.1 Å². The quantitative estimate of drug-likeness (QED) is 0.792. The molecule has 0 aliphatic carbocycles. The number of nitrogens with zero attached hydrogens (tertiary/aromatic N) is 2. The van der Waals surface area contributed by atoms with Gasteiger partial charge in [-0.1, -0.05) is 13.0 Å². The van der Waals surface area contributed by atoms with E-state index in [1.807, 2.05) is 43.5 Å². The molecule has 1 atom stereocenters. The van der Waals surface area contributed by atoms with Crippen LogP contribution in [0.15, 0.2) is 41.6 Å². The second-order valence-electron chi connectivity index (χ2n) is 4.38. The van der Waals surface area contributed by atoms with Crippen LogP contribution in [-0.4, -0.2) is 25.4 Å². The lowest BCUT2D eigenvalue weighted by Crippen LogP contribution is -2.29. The molecule has 0 aromatic heterocycles. The van der Waals surface area contributed by atoms with Crippen molar-refractivity contribution in [1.82, 2.24) is 0 Å². The van der Waals surface area contributed by atoms with Gasteiger partial charge in [-0.2, -0.15) is 5.10 Å². The third kappa shape index (κ3) is 2.99. The van der Waals surface area contributed by atoms with Gasteiger partial charge in [-0.25, -0.2) is 9.80 Å². The van der Waals surface area contributed by atoms with Crippen LogP contribution in [0.3, 0.4) is 0 Å². The van der Waals surface area contributed by atoms with Gasteiger partial charge in [0.1, 0.15) is 5.75 Å². The van der Waals surface area contributed by atoms with Gasteiger partial charge in [0.25, 0.3) is 0 Å². The van der Waals surface area contributed by atoms with Crippen LogP contribution in [0.25, 0.3) is 0 Å². The van der Waals surface area contributed by atoms with Crippen molar-refractivity contribution >= 4 is 17.4 Å². The van der Waals surface area contributed by atoms with Crippen LogP contribution in [0.2, 0.25) is 0 Å². The lowest BCUT2D eigenvalue weighted by molar-refractivity contribution is -0.135. The number of ether oxygens (including phenoxy) is 2. The Labute approximate surface area is 118 Å². The predicted molar refractivity (Wildman–Crippen MR) is 77.8 cm³/mol. The molecule has 0 amide bonds. The number of methoxy groups -OCH3 is 1. The summed E-state index contributed by atoms with van der Waals surface area (Å²) in [6, 6.07) is 7.46. The van der Waals surface area contributed by atoms with E-state index in [-0.39, 0.29) is 11.9 Å². The van der Waals surface area contributed by atoms with E-state index < -0.39 is 0 Å². The number of carbonyl (C=O) groups is 1. The monoisotopic (exact) mass is 274 g/mol. The van der Waals surface area contributed by atoms with E-state index in [0.29, 0.717) is 12.3 Å². The second kappa shape index (κ2) is 6.23. The van der Waals surface area contributed by atoms with E-state index in [1.165, 1.54) is 0 Å². The molecule has 5 nitrogen and oxygen atoms in total. The Morgan fingerprint density at radius 3 is 2.65 bits per heavy atom. The maximum absolute atomic E-state index is 11.9. The predicted octanol–water partition coefficient (Wildman–Crippen LogP) is 2.58. The molecule has 106 valence electrons. The van der Waals surface area contributed by atoms with Crippen LogP contribution in [0.4, 0.5) is 5.69 Å². The highest BCUT2D eigenvalue weighted by Gasteiger charge is 2.23. The van der Waals surface area contributed by atoms with Crippen molar-refractivity contribution in [1.29, 1.82) is 0 Å². The smallest absolute Gasteiger partial charge is 0.355 e. The molecule has 0 N–H and O–H groups in total. The minimum Gasteiger partial charge on any atom is -0.497 e. The fourth-order valence-corrected chi connectivity index (χ4v) is 1.85. The number of anilines is 1. The summed E-state index contributed by atoms with van der Waals surface area (Å²) in [4.78, 5) is 11.9. The van der Waals surface area contributed by atoms with Crippen LogP contribution in [0.5, 0.6) is 5.75 Å². The molecule has 0 spiro atoms. The maximum Gasteiger partial charge on any atom is 0.355 e. The van der Waals surface area contributed by atoms with E-state index in [9.17, 15) is 4.79 Å². The van der Waals surface area contributed by atoms with E-state index in [2.05, 4.69) is 5.10 Å². The van der Waals surface area contributed by atoms with E-state index >= 15 is 0 Å². The van der Waals surface area contributed by atoms with Crippen LogP contribution in [-0.2, 0) is 9.53 Å². The highest BCUT2D eigenvalue weighted by Crippen LogP contribution is 2.23. The summed E-state index contributed by atoms with van der Waals surface area (Å²) in [5, 5.41) is 6.01. The first-order valence-electron chi connectivity index (χ1n) is 6.53. The highest BCUT2D eigenvalue weighted by molar-refractivity contribution is 6.38. The Balaban J connectivity index is 2.23. The van der Waals surface area contributed by atoms with E-state index in [4.69, 9.17) is 9.47 Å². The third-order valence-electron chi connectivity index (χ3n) is 2.98. The van der Waals surface area contributed by atoms with Crippen molar-refractivity contribution < 1.29 is 14.3 Å². The molecular weight excluding hydrogens is 256 g/mol. The first-order valence-corrected chi connectivity index (χ1v) is 6.53. The minimum atomic E-state index is -0.372. The van der Waals surface area contributed by atoms with Crippen LogP contribution >= 0.6 is 0 Å². The third-order valence-corrected chi connectivity index (χ3v) is 2.98. The summed E-state index contributed by atoms with van der Waals surface area (Å²) in [6.45, 7) is 4.04. The Morgan fingerprint density at radius 2 is 2.05 bits per heavy atom. The minimum absolute atomic E-state index is 0.0523. The zero-order valence-corrected chi connectivity index (χ0v) is 11.9. The molecule has 0 fully saturated rings. The van der Waals surface area contributed by atoms with E-state index in [0.717, 1.165) is 11.4 Å². The summed E-state index contributed by atoms with van der Waals surface area (Å²) < 4.78 is 10.1. The average molecular weight is 274 g/mol. The fraction of sp³-hybridized carbons (Fsp3) is 0.333. The molecule has 1 heterocycles. The number of benzene rings is 1. The maximum atomic E-state index is 11.9. The van der Waals surface area contributed by atoms with Crippen molar-refractivity contribution in [3.05, 3.63) is 36.5 Å². The molecule has 1 aromatic carbocycles. The first-order chi connectivity index (χ1) is 9.65. The standard InChI is InChI=1S/C15H18N2O3/c1-4-20-15(18)14-11(2)9-10-17(16-14)12-5-7-13(19-3)8-6-12/h5-11H,4H2,1-3H3/t11-/m1/s1. The molecule has 0 saturated carbocycles. The molecule has 1 aliphatic rings. The molecule has 0 bridgehead atoms. The Morgan fingerprint density at radius 1 is 1.35 bits per heavy atom. The number of esters is 1. The Bertz CT molecular complexity index is 535. The molecule has 1 aromatic rings. The number of allylic oxidation sites excluding steroid dienone is 1. The van der Waals surface area contributed by atoms with Gasteiger partial charge in [0.15, 0.2) is 5.71 Å². The SMILES string of the molecule is CCOC(=O)C1=NN(c2ccc(OC)cc2)C=C[C@H]1C. The van der Waals surface area contributed by atoms with E-state index in [1.54, 1.807) is 19.0 Å². The fourth-order valence-electron chi connectivity index (χ4n) is 1.85. The summed E-state index contributed by atoms with van der Waals surface area (Å²) in [6.07, 6.45) is 3.76. The van der Waals surface area contributed by atoms with Crippen LogP contribution in [0, 0.1) is 5.92 Å². The molecule has 0 unspecified atom stereocenters. The summed E-state index contributed by atoms with van der Waals surface area (Å²) >= 11 is 0. The largest absolute Gasteiger partial charge is 0.497 e. The number of hydrogen-bond donors (Lipinski definition) is 0. The Hall–Kier alpha value is -2.30. The molecule has 0 radical (unpaired) electrons. The summed E-state index contributed by atoms with van der Waals surface area (Å²) in [5.41, 5.74) is 1.26. The van der Waals surface area contributed by atoms with Gasteiger partial charge >= 0.3 is 5.97 Å². The van der Waals surface area contributed by atoms with Gasteiger partial charge in [0.05, 0.1) is 19.4 Å². The van der Waals surface area contributed by atoms with Crippen LogP contribution < -0.4 is 9.75 Å². The van der Waals surface area contributed by atoms with Gasteiger partial charge in [-0.15, -0.1) is 0 Å². The van der Waals surface area contributed by atoms with Gasteiger partial charge in [-0.3, -0.25) is 0 Å². The molecular formula is C15H18N2O3. The lowest BCUT2D eigenvalue weighted by atomic mass is 10.1. The number of rotatable bonds is 4. The normalized spacial score (nSPS) is 17.6. The first kappa shape index (κ1) is 14.1. The summed E-state index contributed by atoms with van der Waals surface area (Å²) in [7, 11) is 1.62. The van der Waals surface area contributed by atoms with Crippen molar-refractivity contribution in [3.63, 3.8) is 0 Å². The molecule has 20 heavy (non-hydrogen) atoms. The van der Waals surface area contributed by atoms with Gasteiger partial charge in [0, 0.05) is 12.1 Å². The number of hydrazone groups is 1. The number of hydrogen-bond acceptors (Lipinski definition) is 5. The van der Waals surface area contributed by atoms with Gasteiger partial charge in [-0.05, 0) is 31.2 Å². The zero-order chi connectivity index (χ0) is 14.5. The van der Waals surface area contributed by atoms with Crippen LogP contribution in [0.1, 0.15) is 13.8 Å². The van der Waals surface area contributed by atoms with Crippen molar-refractivity contribution in [2.24, 2.45) is 11.0 Å². The van der Waals surface area contributed by atoms with Gasteiger partial charge < -0.3 is 9.47 Å². The van der Waals surface area contributed by atoms with Crippen molar-refractivity contribution in [3.8, 4) is 5.75 Å². The van der Waals surface area contributed by atoms with Crippen molar-refractivity contribution in [2.75, 3.05) is 18.7 Å². The molecule has 2 rings (SSSR count). The summed E-state index contributed by atoms with van der Waals surface area (Å²) in [5.74, 6) is 0.351. The van der Waals surface area contributed by atoms with Gasteiger partial charge in [0.2, 0.25) is 0 Å². The number of carbonyl (C=O) groups excluding carboxylic acids is 1. The lowest BCUT2D eigenvalue weighted by Gasteiger charge is -2.22. The zero-order valence-electron chi connectivity index (χ0n) is 11.9. The Kier molecular flexibility index (Phi) is 4.40. The molecule has 1 aliphatic heterocycles. The highest BCUT2D eigenvalue weighted by atomic mass is 16.5. The molecule has 5 heteroatoms. The molecule has 0 saturated heterocycles.